The van der Waals surface area contributed by atoms with Crippen molar-refractivity contribution >= 4 is 23.6 Å². The van der Waals surface area contributed by atoms with Gasteiger partial charge in [-0.25, -0.2) is 0 Å². The van der Waals surface area contributed by atoms with Crippen LogP contribution in [-0.4, -0.2) is 46.0 Å². The van der Waals surface area contributed by atoms with Crippen molar-refractivity contribution in [3.05, 3.63) is 15.5 Å². The first-order valence-electron chi connectivity index (χ1n) is 6.47. The third-order valence-corrected chi connectivity index (χ3v) is 5.29. The van der Waals surface area contributed by atoms with E-state index in [-0.39, 0.29) is 23.1 Å². The summed E-state index contributed by atoms with van der Waals surface area (Å²) < 4.78 is 5.54. The fraction of sp³-hybridized carbons (Fsp3) is 0.667. The van der Waals surface area contributed by atoms with Crippen LogP contribution < -0.4 is 0 Å². The SMILES string of the molecule is C[C@@H](O)[C@H]1C(=O)N2C(C(=O)N=O)=C([C@H]3CCCO3)SC12. The van der Waals surface area contributed by atoms with Gasteiger partial charge in [0, 0.05) is 16.7 Å². The van der Waals surface area contributed by atoms with Gasteiger partial charge in [-0.1, -0.05) is 11.8 Å². The number of nitrogens with zero attached hydrogens (tertiary/aromatic N) is 2. The van der Waals surface area contributed by atoms with E-state index in [1.54, 1.807) is 6.92 Å². The third kappa shape index (κ3) is 1.82. The van der Waals surface area contributed by atoms with Crippen LogP contribution >= 0.6 is 11.8 Å². The molecule has 8 heteroatoms. The molecule has 0 saturated carbocycles. The second-order valence-electron chi connectivity index (χ2n) is 5.09. The molecule has 0 aliphatic carbocycles. The Morgan fingerprint density at radius 3 is 2.90 bits per heavy atom. The Morgan fingerprint density at radius 1 is 1.60 bits per heavy atom. The Balaban J connectivity index is 1.94. The minimum atomic E-state index is -0.942. The van der Waals surface area contributed by atoms with Gasteiger partial charge in [-0.15, -0.1) is 4.91 Å². The van der Waals surface area contributed by atoms with E-state index in [0.717, 1.165) is 12.8 Å². The molecular weight excluding hydrogens is 284 g/mol. The van der Waals surface area contributed by atoms with Crippen molar-refractivity contribution < 1.29 is 19.4 Å². The predicted octanol–water partition coefficient (Wildman–Crippen LogP) is 0.582. The number of aliphatic hydroxyl groups is 1. The Labute approximate surface area is 119 Å². The summed E-state index contributed by atoms with van der Waals surface area (Å²) in [4.78, 5) is 36.3. The Hall–Kier alpha value is -1.25. The van der Waals surface area contributed by atoms with E-state index in [1.807, 2.05) is 0 Å². The summed E-state index contributed by atoms with van der Waals surface area (Å²) in [6.45, 7) is 2.15. The number of aliphatic hydroxyl groups excluding tert-OH is 1. The van der Waals surface area contributed by atoms with Crippen molar-refractivity contribution in [3.8, 4) is 0 Å². The normalized spacial score (nSPS) is 34.0. The van der Waals surface area contributed by atoms with Gasteiger partial charge in [0.05, 0.1) is 18.1 Å². The molecule has 108 valence electrons. The molecule has 3 heterocycles. The molecule has 2 saturated heterocycles. The second kappa shape index (κ2) is 4.94. The maximum Gasteiger partial charge on any atom is 0.334 e. The van der Waals surface area contributed by atoms with Gasteiger partial charge in [0.1, 0.15) is 11.1 Å². The van der Waals surface area contributed by atoms with E-state index in [9.17, 15) is 19.6 Å². The number of β-lactam (4-membered cyclic amide) rings is 1. The topological polar surface area (TPSA) is 96.3 Å². The molecule has 20 heavy (non-hydrogen) atoms. The molecule has 0 radical (unpaired) electrons. The average molecular weight is 298 g/mol. The Morgan fingerprint density at radius 2 is 2.35 bits per heavy atom. The molecule has 2 fully saturated rings. The first-order valence-corrected chi connectivity index (χ1v) is 7.35. The van der Waals surface area contributed by atoms with Crippen LogP contribution in [0.3, 0.4) is 0 Å². The second-order valence-corrected chi connectivity index (χ2v) is 6.25. The van der Waals surface area contributed by atoms with Gasteiger partial charge in [0.2, 0.25) is 5.91 Å². The summed E-state index contributed by atoms with van der Waals surface area (Å²) in [7, 11) is 0. The predicted molar refractivity (Wildman–Crippen MR) is 70.2 cm³/mol. The fourth-order valence-electron chi connectivity index (χ4n) is 2.86. The number of amides is 2. The molecule has 4 atom stereocenters. The highest BCUT2D eigenvalue weighted by atomic mass is 32.2. The summed E-state index contributed by atoms with van der Waals surface area (Å²) >= 11 is 1.33. The lowest BCUT2D eigenvalue weighted by Crippen LogP contribution is -2.60. The lowest BCUT2D eigenvalue weighted by atomic mass is 9.92. The van der Waals surface area contributed by atoms with Crippen LogP contribution in [0, 0.1) is 10.8 Å². The highest BCUT2D eigenvalue weighted by Gasteiger charge is 2.58. The zero-order valence-electron chi connectivity index (χ0n) is 10.8. The molecule has 3 aliphatic rings. The maximum absolute atomic E-state index is 12.1. The smallest absolute Gasteiger partial charge is 0.334 e. The van der Waals surface area contributed by atoms with E-state index in [1.165, 1.54) is 16.7 Å². The molecule has 0 spiro atoms. The number of nitroso groups, excluding NO2 is 1. The van der Waals surface area contributed by atoms with E-state index >= 15 is 0 Å². The Bertz CT molecular complexity index is 512. The highest BCUT2D eigenvalue weighted by molar-refractivity contribution is 8.04. The molecule has 2 amide bonds. The number of carbonyl (C=O) groups is 2. The minimum Gasteiger partial charge on any atom is -0.392 e. The molecule has 1 N–H and O–H groups in total. The van der Waals surface area contributed by atoms with Crippen molar-refractivity contribution in [1.29, 1.82) is 0 Å². The van der Waals surface area contributed by atoms with E-state index in [4.69, 9.17) is 4.74 Å². The zero-order chi connectivity index (χ0) is 14.4. The van der Waals surface area contributed by atoms with Gasteiger partial charge in [0.25, 0.3) is 0 Å². The van der Waals surface area contributed by atoms with Gasteiger partial charge in [-0.05, 0) is 19.8 Å². The molecule has 3 rings (SSSR count). The van der Waals surface area contributed by atoms with E-state index in [0.29, 0.717) is 11.5 Å². The third-order valence-electron chi connectivity index (χ3n) is 3.83. The first kappa shape index (κ1) is 13.7. The van der Waals surface area contributed by atoms with Crippen LogP contribution in [0.4, 0.5) is 0 Å². The van der Waals surface area contributed by atoms with Gasteiger partial charge in [-0.2, -0.15) is 0 Å². The largest absolute Gasteiger partial charge is 0.392 e. The van der Waals surface area contributed by atoms with Crippen molar-refractivity contribution in [2.45, 2.75) is 37.3 Å². The molecule has 1 unspecified atom stereocenters. The Kier molecular flexibility index (Phi) is 3.39. The summed E-state index contributed by atoms with van der Waals surface area (Å²) in [6, 6.07) is 0. The molecular formula is C12H14N2O5S. The first-order chi connectivity index (χ1) is 9.56. The van der Waals surface area contributed by atoms with E-state index in [2.05, 4.69) is 5.18 Å². The van der Waals surface area contributed by atoms with Crippen LogP contribution in [0.1, 0.15) is 19.8 Å². The van der Waals surface area contributed by atoms with Gasteiger partial charge in [-0.3, -0.25) is 14.5 Å². The summed E-state index contributed by atoms with van der Waals surface area (Å²) in [6.07, 6.45) is 0.587. The summed E-state index contributed by atoms with van der Waals surface area (Å²) in [5.41, 5.74) is 0.0452. The molecule has 3 aliphatic heterocycles. The lowest BCUT2D eigenvalue weighted by molar-refractivity contribution is -0.154. The minimum absolute atomic E-state index is 0.0452. The lowest BCUT2D eigenvalue weighted by Gasteiger charge is -2.43. The van der Waals surface area contributed by atoms with Crippen LogP contribution in [0.5, 0.6) is 0 Å². The number of ether oxygens (including phenoxy) is 1. The van der Waals surface area contributed by atoms with Crippen molar-refractivity contribution in [2.24, 2.45) is 11.1 Å². The number of hydrogen-bond donors (Lipinski definition) is 1. The molecule has 0 aromatic carbocycles. The van der Waals surface area contributed by atoms with Gasteiger partial charge >= 0.3 is 5.91 Å². The quantitative estimate of drug-likeness (QED) is 0.605. The van der Waals surface area contributed by atoms with Crippen LogP contribution in [0.25, 0.3) is 0 Å². The molecule has 7 nitrogen and oxygen atoms in total. The number of hydrogen-bond acceptors (Lipinski definition) is 6. The number of rotatable bonds is 3. The van der Waals surface area contributed by atoms with E-state index < -0.39 is 17.9 Å². The van der Waals surface area contributed by atoms with Gasteiger partial charge < -0.3 is 9.84 Å². The van der Waals surface area contributed by atoms with Crippen LogP contribution in [0.15, 0.2) is 15.8 Å². The summed E-state index contributed by atoms with van der Waals surface area (Å²) in [5, 5.41) is 11.8. The van der Waals surface area contributed by atoms with Crippen molar-refractivity contribution in [3.63, 3.8) is 0 Å². The zero-order valence-corrected chi connectivity index (χ0v) is 11.6. The number of carbonyl (C=O) groups excluding carboxylic acids is 2. The van der Waals surface area contributed by atoms with Crippen molar-refractivity contribution in [1.82, 2.24) is 4.90 Å². The molecule has 0 bridgehead atoms. The average Bonchev–Trinajstić information content (AvgIpc) is 3.02. The molecule has 0 aromatic heterocycles. The van der Waals surface area contributed by atoms with Crippen molar-refractivity contribution in [2.75, 3.05) is 6.61 Å². The van der Waals surface area contributed by atoms with Crippen LogP contribution in [-0.2, 0) is 14.3 Å². The van der Waals surface area contributed by atoms with Gasteiger partial charge in [0.15, 0.2) is 0 Å². The number of thioether (sulfide) groups is 1. The van der Waals surface area contributed by atoms with Crippen LogP contribution in [0.2, 0.25) is 0 Å². The highest BCUT2D eigenvalue weighted by Crippen LogP contribution is 2.52. The molecule has 0 aromatic rings. The summed E-state index contributed by atoms with van der Waals surface area (Å²) in [5.74, 6) is -1.83. The fourth-order valence-corrected chi connectivity index (χ4v) is 4.56. The number of fused-ring (bicyclic) bond motifs is 1. The maximum atomic E-state index is 12.1. The monoisotopic (exact) mass is 298 g/mol. The standard InChI is InChI=1S/C12H14N2O5S/c1-5(15)7-11(17)14-8(10(16)13-18)9(20-12(7)14)6-3-2-4-19-6/h5-7,12,15H,2-4H2,1H3/t5-,6-,7+,12?/m1/s1.